The van der Waals surface area contributed by atoms with Crippen molar-refractivity contribution in [2.45, 2.75) is 19.9 Å². The van der Waals surface area contributed by atoms with Crippen molar-refractivity contribution >= 4 is 11.4 Å². The van der Waals surface area contributed by atoms with E-state index in [1.54, 1.807) is 0 Å². The molecule has 2 aromatic rings. The number of aromatic nitrogens is 3. The summed E-state index contributed by atoms with van der Waals surface area (Å²) in [6.07, 6.45) is 1.49. The Labute approximate surface area is 94.1 Å². The van der Waals surface area contributed by atoms with Gasteiger partial charge in [0.05, 0.1) is 17.4 Å². The molecule has 1 atom stereocenters. The molecule has 0 fully saturated rings. The zero-order chi connectivity index (χ0) is 11.5. The first-order valence-corrected chi connectivity index (χ1v) is 5.15. The molecule has 84 valence electrons. The lowest BCUT2D eigenvalue weighted by molar-refractivity contribution is 0.796. The van der Waals surface area contributed by atoms with Crippen LogP contribution in [0.15, 0.2) is 24.5 Å². The second kappa shape index (κ2) is 4.22. The number of aryl methyl sites for hydroxylation is 1. The van der Waals surface area contributed by atoms with E-state index in [0.29, 0.717) is 0 Å². The lowest BCUT2D eigenvalue weighted by Gasteiger charge is -2.14. The molecule has 1 heterocycles. The monoisotopic (exact) mass is 217 g/mol. The smallest absolute Gasteiger partial charge is 0.146 e. The van der Waals surface area contributed by atoms with Crippen molar-refractivity contribution < 1.29 is 0 Å². The number of anilines is 2. The van der Waals surface area contributed by atoms with Gasteiger partial charge < -0.3 is 11.1 Å². The summed E-state index contributed by atoms with van der Waals surface area (Å²) >= 11 is 0. The second-order valence-electron chi connectivity index (χ2n) is 3.83. The van der Waals surface area contributed by atoms with Gasteiger partial charge in [0.2, 0.25) is 0 Å². The van der Waals surface area contributed by atoms with Crippen molar-refractivity contribution in [3.8, 4) is 0 Å². The van der Waals surface area contributed by atoms with Crippen LogP contribution in [0.4, 0.5) is 11.4 Å². The van der Waals surface area contributed by atoms with Crippen LogP contribution in [0.25, 0.3) is 0 Å². The lowest BCUT2D eigenvalue weighted by Crippen LogP contribution is -2.10. The van der Waals surface area contributed by atoms with Crippen LogP contribution in [0.5, 0.6) is 0 Å². The highest BCUT2D eigenvalue weighted by Crippen LogP contribution is 2.23. The molecule has 1 unspecified atom stereocenters. The number of nitrogens with two attached hydrogens (primary N) is 1. The van der Waals surface area contributed by atoms with Crippen LogP contribution >= 0.6 is 0 Å². The van der Waals surface area contributed by atoms with Gasteiger partial charge in [0, 0.05) is 0 Å². The molecule has 0 amide bonds. The van der Waals surface area contributed by atoms with E-state index in [-0.39, 0.29) is 6.04 Å². The largest absolute Gasteiger partial charge is 0.397 e. The number of hydrogen-bond acceptors (Lipinski definition) is 4. The summed E-state index contributed by atoms with van der Waals surface area (Å²) in [7, 11) is 0. The van der Waals surface area contributed by atoms with Gasteiger partial charge in [0.25, 0.3) is 0 Å². The minimum atomic E-state index is 0.0478. The SMILES string of the molecule is Cc1ccc(N)c(NC(C)c2ncn[nH]2)c1. The first-order valence-electron chi connectivity index (χ1n) is 5.15. The summed E-state index contributed by atoms with van der Waals surface area (Å²) < 4.78 is 0. The molecular formula is C11H15N5. The van der Waals surface area contributed by atoms with Crippen molar-refractivity contribution in [2.75, 3.05) is 11.1 Å². The number of rotatable bonds is 3. The topological polar surface area (TPSA) is 79.6 Å². The molecule has 0 radical (unpaired) electrons. The third-order valence-electron chi connectivity index (χ3n) is 2.42. The maximum absolute atomic E-state index is 5.88. The van der Waals surface area contributed by atoms with E-state index in [9.17, 15) is 0 Å². The van der Waals surface area contributed by atoms with Crippen molar-refractivity contribution in [3.63, 3.8) is 0 Å². The third-order valence-corrected chi connectivity index (χ3v) is 2.42. The molecule has 0 aliphatic carbocycles. The van der Waals surface area contributed by atoms with Crippen molar-refractivity contribution in [1.82, 2.24) is 15.2 Å². The van der Waals surface area contributed by atoms with Crippen LogP contribution in [0.3, 0.4) is 0 Å². The van der Waals surface area contributed by atoms with Gasteiger partial charge in [-0.15, -0.1) is 0 Å². The molecule has 0 bridgehead atoms. The van der Waals surface area contributed by atoms with Gasteiger partial charge in [-0.3, -0.25) is 5.10 Å². The summed E-state index contributed by atoms with van der Waals surface area (Å²) in [5.41, 5.74) is 8.70. The fourth-order valence-electron chi connectivity index (χ4n) is 1.52. The summed E-state index contributed by atoms with van der Waals surface area (Å²) in [4.78, 5) is 4.09. The maximum atomic E-state index is 5.88. The average molecular weight is 217 g/mol. The average Bonchev–Trinajstić information content (AvgIpc) is 2.76. The minimum absolute atomic E-state index is 0.0478. The second-order valence-corrected chi connectivity index (χ2v) is 3.83. The minimum Gasteiger partial charge on any atom is -0.397 e. The summed E-state index contributed by atoms with van der Waals surface area (Å²) in [6.45, 7) is 4.03. The van der Waals surface area contributed by atoms with E-state index in [1.807, 2.05) is 32.0 Å². The van der Waals surface area contributed by atoms with Gasteiger partial charge >= 0.3 is 0 Å². The van der Waals surface area contributed by atoms with Crippen LogP contribution in [0.2, 0.25) is 0 Å². The molecule has 1 aromatic carbocycles. The Morgan fingerprint density at radius 3 is 2.94 bits per heavy atom. The predicted molar refractivity (Wildman–Crippen MR) is 64.0 cm³/mol. The van der Waals surface area contributed by atoms with Crippen LogP contribution in [-0.2, 0) is 0 Å². The van der Waals surface area contributed by atoms with Crippen LogP contribution < -0.4 is 11.1 Å². The van der Waals surface area contributed by atoms with Gasteiger partial charge in [-0.25, -0.2) is 4.98 Å². The Kier molecular flexibility index (Phi) is 2.76. The van der Waals surface area contributed by atoms with Crippen LogP contribution in [0.1, 0.15) is 24.4 Å². The van der Waals surface area contributed by atoms with Crippen LogP contribution in [0, 0.1) is 6.92 Å². The number of nitrogens with one attached hydrogen (secondary N) is 2. The number of nitrogen functional groups attached to an aromatic ring is 1. The van der Waals surface area contributed by atoms with Gasteiger partial charge in [0.15, 0.2) is 0 Å². The Balaban J connectivity index is 2.17. The normalized spacial score (nSPS) is 12.4. The first kappa shape index (κ1) is 10.5. The van der Waals surface area contributed by atoms with E-state index in [1.165, 1.54) is 11.9 Å². The summed E-state index contributed by atoms with van der Waals surface area (Å²) in [6, 6.07) is 5.94. The molecule has 4 N–H and O–H groups in total. The quantitative estimate of drug-likeness (QED) is 0.686. The highest BCUT2D eigenvalue weighted by Gasteiger charge is 2.09. The number of hydrogen-bond donors (Lipinski definition) is 3. The summed E-state index contributed by atoms with van der Waals surface area (Å²) in [5, 5.41) is 9.94. The molecule has 2 rings (SSSR count). The fraction of sp³-hybridized carbons (Fsp3) is 0.273. The van der Waals surface area contributed by atoms with Gasteiger partial charge in [-0.1, -0.05) is 6.07 Å². The Bertz CT molecular complexity index is 463. The van der Waals surface area contributed by atoms with E-state index in [0.717, 1.165) is 17.2 Å². The Morgan fingerprint density at radius 2 is 2.25 bits per heavy atom. The number of aromatic amines is 1. The Hall–Kier alpha value is -2.04. The number of nitrogens with zero attached hydrogens (tertiary/aromatic N) is 2. The van der Waals surface area contributed by atoms with Gasteiger partial charge in [-0.2, -0.15) is 5.10 Å². The van der Waals surface area contributed by atoms with Crippen molar-refractivity contribution in [1.29, 1.82) is 0 Å². The molecule has 0 aliphatic heterocycles. The highest BCUT2D eigenvalue weighted by molar-refractivity contribution is 5.67. The zero-order valence-corrected chi connectivity index (χ0v) is 9.36. The van der Waals surface area contributed by atoms with Crippen molar-refractivity contribution in [2.24, 2.45) is 0 Å². The molecule has 0 saturated heterocycles. The standard InChI is InChI=1S/C11H15N5/c1-7-3-4-9(12)10(5-7)15-8(2)11-13-6-14-16-11/h3-6,8,15H,12H2,1-2H3,(H,13,14,16). The predicted octanol–water partition coefficient (Wildman–Crippen LogP) is 1.87. The molecule has 1 aromatic heterocycles. The maximum Gasteiger partial charge on any atom is 0.146 e. The molecule has 5 heteroatoms. The molecule has 5 nitrogen and oxygen atoms in total. The summed E-state index contributed by atoms with van der Waals surface area (Å²) in [5.74, 6) is 0.793. The van der Waals surface area contributed by atoms with Gasteiger partial charge in [0.1, 0.15) is 12.2 Å². The molecule has 0 saturated carbocycles. The lowest BCUT2D eigenvalue weighted by atomic mass is 10.2. The molecule has 0 aliphatic rings. The number of H-pyrrole nitrogens is 1. The van der Waals surface area contributed by atoms with Crippen LogP contribution in [-0.4, -0.2) is 15.2 Å². The van der Waals surface area contributed by atoms with E-state index in [4.69, 9.17) is 5.73 Å². The van der Waals surface area contributed by atoms with E-state index in [2.05, 4.69) is 20.5 Å². The third kappa shape index (κ3) is 2.13. The van der Waals surface area contributed by atoms with Gasteiger partial charge in [-0.05, 0) is 31.5 Å². The van der Waals surface area contributed by atoms with E-state index < -0.39 is 0 Å². The first-order chi connectivity index (χ1) is 7.66. The molecular weight excluding hydrogens is 202 g/mol. The fourth-order valence-corrected chi connectivity index (χ4v) is 1.52. The zero-order valence-electron chi connectivity index (χ0n) is 9.36. The van der Waals surface area contributed by atoms with E-state index >= 15 is 0 Å². The highest BCUT2D eigenvalue weighted by atomic mass is 15.2. The number of benzene rings is 1. The van der Waals surface area contributed by atoms with Crippen molar-refractivity contribution in [3.05, 3.63) is 35.9 Å². The Morgan fingerprint density at radius 1 is 1.44 bits per heavy atom. The molecule has 0 spiro atoms. The molecule has 16 heavy (non-hydrogen) atoms.